The van der Waals surface area contributed by atoms with Crippen molar-refractivity contribution >= 4 is 17.3 Å². The molecule has 2 aromatic heterocycles. The van der Waals surface area contributed by atoms with E-state index in [1.54, 1.807) is 0 Å². The third kappa shape index (κ3) is 2.18. The van der Waals surface area contributed by atoms with Crippen molar-refractivity contribution in [1.29, 1.82) is 0 Å². The summed E-state index contributed by atoms with van der Waals surface area (Å²) in [5, 5.41) is 11.1. The Bertz CT molecular complexity index is 569. The van der Waals surface area contributed by atoms with Crippen LogP contribution in [0.5, 0.6) is 0 Å². The number of carboxylic acids is 1. The van der Waals surface area contributed by atoms with Crippen molar-refractivity contribution in [3.8, 4) is 10.8 Å². The van der Waals surface area contributed by atoms with Gasteiger partial charge in [0.05, 0.1) is 10.6 Å². The molecule has 0 amide bonds. The van der Waals surface area contributed by atoms with Crippen molar-refractivity contribution in [1.82, 2.24) is 4.98 Å². The number of carbonyl (C=O) groups is 1. The van der Waals surface area contributed by atoms with E-state index in [0.29, 0.717) is 11.6 Å². The first kappa shape index (κ1) is 12.8. The molecule has 2 heterocycles. The van der Waals surface area contributed by atoms with E-state index in [4.69, 9.17) is 9.52 Å². The number of nitrogens with zero attached hydrogens (tertiary/aromatic N) is 1. The van der Waals surface area contributed by atoms with Crippen LogP contribution in [0.25, 0.3) is 10.8 Å². The third-order valence-corrected chi connectivity index (χ3v) is 3.66. The van der Waals surface area contributed by atoms with Gasteiger partial charge in [0.2, 0.25) is 11.7 Å². The van der Waals surface area contributed by atoms with Gasteiger partial charge in [-0.05, 0) is 29.3 Å². The summed E-state index contributed by atoms with van der Waals surface area (Å²) in [5.74, 6) is -0.663. The van der Waals surface area contributed by atoms with Crippen LogP contribution in [-0.4, -0.2) is 16.1 Å². The van der Waals surface area contributed by atoms with Crippen LogP contribution in [0.2, 0.25) is 0 Å². The van der Waals surface area contributed by atoms with Crippen LogP contribution >= 0.6 is 11.3 Å². The van der Waals surface area contributed by atoms with Gasteiger partial charge in [-0.2, -0.15) is 0 Å². The van der Waals surface area contributed by atoms with Crippen LogP contribution in [0.3, 0.4) is 0 Å². The van der Waals surface area contributed by atoms with E-state index >= 15 is 0 Å². The van der Waals surface area contributed by atoms with Gasteiger partial charge in [0.1, 0.15) is 0 Å². The highest BCUT2D eigenvalue weighted by Gasteiger charge is 2.23. The second-order valence-electron chi connectivity index (χ2n) is 4.32. The topological polar surface area (TPSA) is 63.3 Å². The van der Waals surface area contributed by atoms with Crippen molar-refractivity contribution in [3.63, 3.8) is 0 Å². The summed E-state index contributed by atoms with van der Waals surface area (Å²) in [6.07, 6.45) is 0.876. The van der Waals surface area contributed by atoms with Gasteiger partial charge in [-0.15, -0.1) is 11.3 Å². The second kappa shape index (κ2) is 4.94. The molecule has 0 aliphatic carbocycles. The highest BCUT2D eigenvalue weighted by atomic mass is 32.1. The highest BCUT2D eigenvalue weighted by molar-refractivity contribution is 7.13. The largest absolute Gasteiger partial charge is 0.475 e. The Hall–Kier alpha value is -1.62. The molecule has 5 heteroatoms. The lowest BCUT2D eigenvalue weighted by Gasteiger charge is -1.98. The minimum Gasteiger partial charge on any atom is -0.475 e. The number of hydrogen-bond acceptors (Lipinski definition) is 4. The zero-order chi connectivity index (χ0) is 13.3. The SMILES string of the molecule is CCc1ccsc1-c1nc(C(C)C)c(C(=O)O)o1. The predicted octanol–water partition coefficient (Wildman–Crippen LogP) is 3.79. The lowest BCUT2D eigenvalue weighted by molar-refractivity contribution is 0.0661. The average Bonchev–Trinajstić information content (AvgIpc) is 2.94. The second-order valence-corrected chi connectivity index (χ2v) is 5.24. The molecular formula is C13H15NO3S. The summed E-state index contributed by atoms with van der Waals surface area (Å²) < 4.78 is 5.42. The molecule has 0 radical (unpaired) electrons. The summed E-state index contributed by atoms with van der Waals surface area (Å²) in [5.41, 5.74) is 1.64. The van der Waals surface area contributed by atoms with Crippen molar-refractivity contribution in [3.05, 3.63) is 28.5 Å². The number of rotatable bonds is 4. The molecule has 0 saturated heterocycles. The number of aromatic carboxylic acids is 1. The van der Waals surface area contributed by atoms with Gasteiger partial charge in [0, 0.05) is 0 Å². The molecule has 96 valence electrons. The fraction of sp³-hybridized carbons (Fsp3) is 0.385. The Labute approximate surface area is 109 Å². The lowest BCUT2D eigenvalue weighted by Crippen LogP contribution is -2.01. The molecule has 2 rings (SSSR count). The van der Waals surface area contributed by atoms with Crippen LogP contribution in [0.4, 0.5) is 0 Å². The quantitative estimate of drug-likeness (QED) is 0.913. The third-order valence-electron chi connectivity index (χ3n) is 2.72. The Kier molecular flexibility index (Phi) is 3.52. The number of aromatic nitrogens is 1. The first-order chi connectivity index (χ1) is 8.54. The van der Waals surface area contributed by atoms with Gasteiger partial charge >= 0.3 is 5.97 Å². The number of oxazole rings is 1. The van der Waals surface area contributed by atoms with Crippen molar-refractivity contribution in [2.45, 2.75) is 33.1 Å². The first-order valence-electron chi connectivity index (χ1n) is 5.85. The van der Waals surface area contributed by atoms with E-state index in [2.05, 4.69) is 11.9 Å². The van der Waals surface area contributed by atoms with Crippen LogP contribution < -0.4 is 0 Å². The van der Waals surface area contributed by atoms with Gasteiger partial charge in [0.15, 0.2) is 0 Å². The molecule has 2 aromatic rings. The highest BCUT2D eigenvalue weighted by Crippen LogP contribution is 2.32. The van der Waals surface area contributed by atoms with E-state index in [0.717, 1.165) is 16.9 Å². The smallest absolute Gasteiger partial charge is 0.373 e. The minimum atomic E-state index is -1.06. The Morgan fingerprint density at radius 2 is 2.28 bits per heavy atom. The standard InChI is InChI=1S/C13H15NO3S/c1-4-8-5-6-18-11(8)12-14-9(7(2)3)10(17-12)13(15)16/h5-7H,4H2,1-3H3,(H,15,16). The van der Waals surface area contributed by atoms with E-state index in [-0.39, 0.29) is 11.7 Å². The fourth-order valence-electron chi connectivity index (χ4n) is 1.78. The molecule has 0 bridgehead atoms. The lowest BCUT2D eigenvalue weighted by atomic mass is 10.1. The van der Waals surface area contributed by atoms with Gasteiger partial charge < -0.3 is 9.52 Å². The molecule has 1 N–H and O–H groups in total. The maximum atomic E-state index is 11.1. The van der Waals surface area contributed by atoms with Gasteiger partial charge in [-0.3, -0.25) is 0 Å². The van der Waals surface area contributed by atoms with Gasteiger partial charge in [-0.25, -0.2) is 9.78 Å². The molecule has 4 nitrogen and oxygen atoms in total. The fourth-order valence-corrected chi connectivity index (χ4v) is 2.70. The Balaban J connectivity index is 2.53. The zero-order valence-corrected chi connectivity index (χ0v) is 11.4. The molecule has 0 aliphatic rings. The summed E-state index contributed by atoms with van der Waals surface area (Å²) >= 11 is 1.52. The van der Waals surface area contributed by atoms with Gasteiger partial charge in [-0.1, -0.05) is 20.8 Å². The summed E-state index contributed by atoms with van der Waals surface area (Å²) in [4.78, 5) is 16.4. The van der Waals surface area contributed by atoms with Crippen molar-refractivity contribution in [2.75, 3.05) is 0 Å². The van der Waals surface area contributed by atoms with Crippen molar-refractivity contribution in [2.24, 2.45) is 0 Å². The molecule has 0 aliphatic heterocycles. The summed E-state index contributed by atoms with van der Waals surface area (Å²) in [6, 6.07) is 2.01. The molecule has 0 saturated carbocycles. The number of hydrogen-bond donors (Lipinski definition) is 1. The molecule has 0 fully saturated rings. The normalized spacial score (nSPS) is 11.1. The maximum absolute atomic E-state index is 11.1. The monoisotopic (exact) mass is 265 g/mol. The molecule has 0 unspecified atom stereocenters. The van der Waals surface area contributed by atoms with Crippen LogP contribution in [0, 0.1) is 0 Å². The number of aryl methyl sites for hydroxylation is 1. The molecule has 0 aromatic carbocycles. The van der Waals surface area contributed by atoms with Crippen molar-refractivity contribution < 1.29 is 14.3 Å². The Morgan fingerprint density at radius 1 is 1.56 bits per heavy atom. The Morgan fingerprint density at radius 3 is 2.78 bits per heavy atom. The average molecular weight is 265 g/mol. The van der Waals surface area contributed by atoms with E-state index in [1.807, 2.05) is 25.3 Å². The molecule has 18 heavy (non-hydrogen) atoms. The molecular weight excluding hydrogens is 250 g/mol. The minimum absolute atomic E-state index is 0.0265. The van der Waals surface area contributed by atoms with E-state index < -0.39 is 5.97 Å². The summed E-state index contributed by atoms with van der Waals surface area (Å²) in [6.45, 7) is 5.86. The van der Waals surface area contributed by atoms with E-state index in [9.17, 15) is 4.79 Å². The number of carboxylic acid groups (broad SMARTS) is 1. The van der Waals surface area contributed by atoms with E-state index in [1.165, 1.54) is 11.3 Å². The zero-order valence-electron chi connectivity index (χ0n) is 10.6. The van der Waals surface area contributed by atoms with Crippen LogP contribution in [-0.2, 0) is 6.42 Å². The van der Waals surface area contributed by atoms with Crippen LogP contribution in [0.15, 0.2) is 15.9 Å². The maximum Gasteiger partial charge on any atom is 0.373 e. The first-order valence-corrected chi connectivity index (χ1v) is 6.73. The van der Waals surface area contributed by atoms with Gasteiger partial charge in [0.25, 0.3) is 0 Å². The summed E-state index contributed by atoms with van der Waals surface area (Å²) in [7, 11) is 0. The van der Waals surface area contributed by atoms with Crippen LogP contribution in [0.1, 0.15) is 48.5 Å². The molecule has 0 spiro atoms. The predicted molar refractivity (Wildman–Crippen MR) is 70.2 cm³/mol. The molecule has 0 atom stereocenters. The number of thiophene rings is 1.